The molecule has 1 aliphatic carbocycles. The first-order valence-corrected chi connectivity index (χ1v) is 7.06. The molecule has 19 heavy (non-hydrogen) atoms. The summed E-state index contributed by atoms with van der Waals surface area (Å²) in [5.41, 5.74) is -0.240. The van der Waals surface area contributed by atoms with Gasteiger partial charge in [0, 0.05) is 0 Å². The molecule has 0 aliphatic heterocycles. The molecule has 2 rings (SSSR count). The lowest BCUT2D eigenvalue weighted by Crippen LogP contribution is -2.17. The Labute approximate surface area is 119 Å². The van der Waals surface area contributed by atoms with Gasteiger partial charge in [0.2, 0.25) is 0 Å². The Bertz CT molecular complexity index is 445. The molecule has 106 valence electrons. The van der Waals surface area contributed by atoms with Crippen molar-refractivity contribution >= 4 is 11.6 Å². The molecule has 0 aromatic heterocycles. The monoisotopic (exact) mass is 284 g/mol. The first-order chi connectivity index (χ1) is 8.91. The van der Waals surface area contributed by atoms with Crippen LogP contribution in [0.1, 0.15) is 45.1 Å². The predicted octanol–water partition coefficient (Wildman–Crippen LogP) is 3.90. The molecule has 0 spiro atoms. The van der Waals surface area contributed by atoms with Crippen molar-refractivity contribution < 1.29 is 14.6 Å². The van der Waals surface area contributed by atoms with Crippen LogP contribution < -0.4 is 9.47 Å². The number of aliphatic hydroxyl groups is 1. The second-order valence-corrected chi connectivity index (χ2v) is 5.98. The van der Waals surface area contributed by atoms with Gasteiger partial charge in [0.25, 0.3) is 0 Å². The fourth-order valence-corrected chi connectivity index (χ4v) is 2.62. The van der Waals surface area contributed by atoms with Crippen molar-refractivity contribution in [2.45, 2.75) is 51.2 Å². The molecule has 3 nitrogen and oxygen atoms in total. The predicted molar refractivity (Wildman–Crippen MR) is 76.1 cm³/mol. The summed E-state index contributed by atoms with van der Waals surface area (Å²) in [5.74, 6) is 1.17. The second-order valence-electron chi connectivity index (χ2n) is 5.57. The molecule has 0 unspecified atom stereocenters. The first-order valence-electron chi connectivity index (χ1n) is 6.69. The summed E-state index contributed by atoms with van der Waals surface area (Å²) in [6.07, 6.45) is 4.75. The Morgan fingerprint density at radius 2 is 1.89 bits per heavy atom. The van der Waals surface area contributed by atoms with Crippen molar-refractivity contribution in [2.24, 2.45) is 0 Å². The zero-order chi connectivity index (χ0) is 14.0. The van der Waals surface area contributed by atoms with Crippen molar-refractivity contribution in [1.29, 1.82) is 0 Å². The Morgan fingerprint density at radius 1 is 1.26 bits per heavy atom. The van der Waals surface area contributed by atoms with E-state index in [1.165, 1.54) is 12.8 Å². The lowest BCUT2D eigenvalue weighted by atomic mass is 9.98. The van der Waals surface area contributed by atoms with E-state index in [1.807, 2.05) is 0 Å². The van der Waals surface area contributed by atoms with E-state index in [2.05, 4.69) is 0 Å². The quantitative estimate of drug-likeness (QED) is 0.911. The molecular weight excluding hydrogens is 264 g/mol. The van der Waals surface area contributed by atoms with Crippen molar-refractivity contribution in [3.05, 3.63) is 22.7 Å². The van der Waals surface area contributed by atoms with E-state index in [4.69, 9.17) is 21.1 Å². The van der Waals surface area contributed by atoms with Crippen LogP contribution in [-0.4, -0.2) is 18.3 Å². The molecule has 0 bridgehead atoms. The molecule has 4 heteroatoms. The maximum Gasteiger partial charge on any atom is 0.180 e. The normalized spacial score (nSPS) is 16.7. The highest BCUT2D eigenvalue weighted by Gasteiger charge is 2.24. The van der Waals surface area contributed by atoms with Crippen LogP contribution in [0.2, 0.25) is 5.02 Å². The summed E-state index contributed by atoms with van der Waals surface area (Å²) >= 11 is 6.28. The van der Waals surface area contributed by atoms with Crippen LogP contribution in [0.3, 0.4) is 0 Å². The van der Waals surface area contributed by atoms with E-state index >= 15 is 0 Å². The number of halogens is 1. The third-order valence-corrected chi connectivity index (χ3v) is 3.80. The molecule has 1 saturated carbocycles. The van der Waals surface area contributed by atoms with E-state index in [0.717, 1.165) is 12.8 Å². The molecule has 1 aromatic rings. The summed E-state index contributed by atoms with van der Waals surface area (Å²) in [4.78, 5) is 0. The molecule has 1 fully saturated rings. The van der Waals surface area contributed by atoms with Crippen molar-refractivity contribution in [1.82, 2.24) is 0 Å². The van der Waals surface area contributed by atoms with Crippen LogP contribution in [0, 0.1) is 0 Å². The largest absolute Gasteiger partial charge is 0.493 e. The van der Waals surface area contributed by atoms with Crippen LogP contribution in [0.15, 0.2) is 12.1 Å². The number of hydrogen-bond acceptors (Lipinski definition) is 3. The highest BCUT2D eigenvalue weighted by Crippen LogP contribution is 2.41. The summed E-state index contributed by atoms with van der Waals surface area (Å²) < 4.78 is 11.3. The second kappa shape index (κ2) is 5.59. The molecule has 0 saturated heterocycles. The van der Waals surface area contributed by atoms with Crippen LogP contribution >= 0.6 is 11.6 Å². The highest BCUT2D eigenvalue weighted by atomic mass is 35.5. The minimum Gasteiger partial charge on any atom is -0.493 e. The Kier molecular flexibility index (Phi) is 4.26. The van der Waals surface area contributed by atoms with Gasteiger partial charge in [0.05, 0.1) is 23.8 Å². The van der Waals surface area contributed by atoms with Gasteiger partial charge in [-0.2, -0.15) is 0 Å². The summed E-state index contributed by atoms with van der Waals surface area (Å²) in [6, 6.07) is 3.53. The van der Waals surface area contributed by atoms with Gasteiger partial charge in [0.15, 0.2) is 11.5 Å². The highest BCUT2D eigenvalue weighted by molar-refractivity contribution is 6.32. The average Bonchev–Trinajstić information content (AvgIpc) is 2.83. The van der Waals surface area contributed by atoms with Gasteiger partial charge in [-0.1, -0.05) is 11.6 Å². The van der Waals surface area contributed by atoms with Crippen LogP contribution in [0.5, 0.6) is 11.5 Å². The number of ether oxygens (including phenoxy) is 2. The number of rotatable bonds is 4. The number of hydrogen-bond donors (Lipinski definition) is 1. The fourth-order valence-electron chi connectivity index (χ4n) is 2.36. The fraction of sp³-hybridized carbons (Fsp3) is 0.600. The van der Waals surface area contributed by atoms with Gasteiger partial charge >= 0.3 is 0 Å². The van der Waals surface area contributed by atoms with Gasteiger partial charge in [-0.15, -0.1) is 0 Å². The van der Waals surface area contributed by atoms with Crippen molar-refractivity contribution in [2.75, 3.05) is 7.11 Å². The molecule has 0 amide bonds. The maximum absolute atomic E-state index is 10.1. The van der Waals surface area contributed by atoms with Gasteiger partial charge in [-0.25, -0.2) is 0 Å². The summed E-state index contributed by atoms with van der Waals surface area (Å²) in [6.45, 7) is 3.44. The Hall–Kier alpha value is -0.930. The molecule has 0 heterocycles. The summed E-state index contributed by atoms with van der Waals surface area (Å²) in [7, 11) is 1.58. The lowest BCUT2D eigenvalue weighted by molar-refractivity contribution is 0.0781. The molecule has 1 aromatic carbocycles. The number of benzene rings is 1. The first kappa shape index (κ1) is 14.5. The molecule has 1 aliphatic rings. The Balaban J connectivity index is 2.32. The third-order valence-electron chi connectivity index (χ3n) is 3.52. The van der Waals surface area contributed by atoms with Crippen molar-refractivity contribution in [3.8, 4) is 11.5 Å². The van der Waals surface area contributed by atoms with E-state index in [9.17, 15) is 5.11 Å². The SMILES string of the molecule is COc1cc(C(C)(C)O)cc(Cl)c1OC1CCCC1. The topological polar surface area (TPSA) is 38.7 Å². The maximum atomic E-state index is 10.1. The van der Waals surface area contributed by atoms with Gasteiger partial charge < -0.3 is 14.6 Å². The van der Waals surface area contributed by atoms with Gasteiger partial charge in [-0.3, -0.25) is 0 Å². The Morgan fingerprint density at radius 3 is 2.42 bits per heavy atom. The number of methoxy groups -OCH3 is 1. The molecule has 0 radical (unpaired) electrons. The zero-order valence-corrected chi connectivity index (χ0v) is 12.5. The zero-order valence-electron chi connectivity index (χ0n) is 11.7. The standard InChI is InChI=1S/C15H21ClO3/c1-15(2,17)10-8-12(16)14(13(9-10)18-3)19-11-6-4-5-7-11/h8-9,11,17H,4-7H2,1-3H3. The molecule has 0 atom stereocenters. The van der Waals surface area contributed by atoms with Crippen molar-refractivity contribution in [3.63, 3.8) is 0 Å². The van der Waals surface area contributed by atoms with Crippen LogP contribution in [0.4, 0.5) is 0 Å². The van der Waals surface area contributed by atoms with Crippen LogP contribution in [-0.2, 0) is 5.60 Å². The summed E-state index contributed by atoms with van der Waals surface area (Å²) in [5, 5.41) is 10.5. The molecular formula is C15H21ClO3. The van der Waals surface area contributed by atoms with E-state index < -0.39 is 5.60 Å². The minimum atomic E-state index is -0.956. The smallest absolute Gasteiger partial charge is 0.180 e. The average molecular weight is 285 g/mol. The molecule has 1 N–H and O–H groups in total. The van der Waals surface area contributed by atoms with E-state index in [0.29, 0.717) is 22.1 Å². The van der Waals surface area contributed by atoms with Gasteiger partial charge in [0.1, 0.15) is 0 Å². The van der Waals surface area contributed by atoms with E-state index in [-0.39, 0.29) is 6.10 Å². The third kappa shape index (κ3) is 3.34. The minimum absolute atomic E-state index is 0.222. The lowest BCUT2D eigenvalue weighted by Gasteiger charge is -2.22. The van der Waals surface area contributed by atoms with Crippen LogP contribution in [0.25, 0.3) is 0 Å². The van der Waals surface area contributed by atoms with Gasteiger partial charge in [-0.05, 0) is 57.2 Å². The van der Waals surface area contributed by atoms with E-state index in [1.54, 1.807) is 33.1 Å².